The molecule has 1 unspecified atom stereocenters. The van der Waals surface area contributed by atoms with Crippen molar-refractivity contribution in [3.63, 3.8) is 0 Å². The van der Waals surface area contributed by atoms with E-state index < -0.39 is 35.2 Å². The Hall–Kier alpha value is -1.24. The smallest absolute Gasteiger partial charge is 0.316 e. The number of nitrogens with zero attached hydrogens (tertiary/aromatic N) is 1. The summed E-state index contributed by atoms with van der Waals surface area (Å²) in [6.07, 6.45) is -3.84. The lowest BCUT2D eigenvalue weighted by molar-refractivity contribution is -0.138. The van der Waals surface area contributed by atoms with Crippen molar-refractivity contribution in [3.8, 4) is 0 Å². The van der Waals surface area contributed by atoms with Gasteiger partial charge in [-0.2, -0.15) is 13.2 Å². The van der Waals surface area contributed by atoms with Crippen molar-refractivity contribution < 1.29 is 22.0 Å². The van der Waals surface area contributed by atoms with Gasteiger partial charge in [-0.05, 0) is 6.07 Å². The van der Waals surface area contributed by atoms with Gasteiger partial charge in [-0.3, -0.25) is 4.98 Å². The van der Waals surface area contributed by atoms with Crippen LogP contribution in [0.5, 0.6) is 0 Å². The second-order valence-electron chi connectivity index (χ2n) is 3.77. The Morgan fingerprint density at radius 2 is 1.88 bits per heavy atom. The highest BCUT2D eigenvalue weighted by Crippen LogP contribution is 2.59. The van der Waals surface area contributed by atoms with Gasteiger partial charge in [0.15, 0.2) is 0 Å². The number of rotatable bonds is 1. The molecule has 88 valence electrons. The number of hydrogen-bond acceptors (Lipinski definition) is 2. The Labute approximate surface area is 87.3 Å². The normalized spacial score (nSPS) is 27.9. The molecule has 2 nitrogen and oxygen atoms in total. The quantitative estimate of drug-likeness (QED) is 0.762. The van der Waals surface area contributed by atoms with E-state index in [2.05, 4.69) is 4.98 Å². The largest absolute Gasteiger partial charge is 0.416 e. The molecule has 0 bridgehead atoms. The Bertz CT molecular complexity index is 428. The van der Waals surface area contributed by atoms with Gasteiger partial charge in [-0.1, -0.05) is 0 Å². The maximum Gasteiger partial charge on any atom is 0.416 e. The predicted molar refractivity (Wildman–Crippen MR) is 44.7 cm³/mol. The first-order valence-electron chi connectivity index (χ1n) is 4.37. The molecule has 1 atom stereocenters. The summed E-state index contributed by atoms with van der Waals surface area (Å²) in [4.78, 5) is 3.42. The van der Waals surface area contributed by atoms with Crippen LogP contribution in [0.1, 0.15) is 17.5 Å². The molecule has 7 heteroatoms. The maximum atomic E-state index is 12.9. The van der Waals surface area contributed by atoms with E-state index >= 15 is 0 Å². The lowest BCUT2D eigenvalue weighted by atomic mass is 10.0. The molecule has 2 rings (SSSR count). The maximum absolute atomic E-state index is 12.9. The van der Waals surface area contributed by atoms with Crippen LogP contribution in [0.3, 0.4) is 0 Å². The molecule has 0 aliphatic heterocycles. The zero-order chi connectivity index (χ0) is 12.2. The first-order valence-corrected chi connectivity index (χ1v) is 4.37. The standard InChI is InChI=1S/C9H7F5N2/c10-8(11)4-7(8,15)6-3-16-2-1-5(6)9(12,13)14/h1-3H,4,15H2. The van der Waals surface area contributed by atoms with Gasteiger partial charge < -0.3 is 5.73 Å². The summed E-state index contributed by atoms with van der Waals surface area (Å²) in [6, 6.07) is 0.651. The molecule has 1 saturated carbocycles. The fraction of sp³-hybridized carbons (Fsp3) is 0.444. The lowest BCUT2D eigenvalue weighted by Gasteiger charge is -2.17. The van der Waals surface area contributed by atoms with Gasteiger partial charge in [-0.15, -0.1) is 0 Å². The number of pyridine rings is 1. The van der Waals surface area contributed by atoms with E-state index in [1.807, 2.05) is 0 Å². The minimum atomic E-state index is -4.71. The molecule has 1 aromatic heterocycles. The van der Waals surface area contributed by atoms with Crippen LogP contribution in [0.2, 0.25) is 0 Å². The summed E-state index contributed by atoms with van der Waals surface area (Å²) >= 11 is 0. The van der Waals surface area contributed by atoms with Gasteiger partial charge in [0, 0.05) is 24.4 Å². The zero-order valence-electron chi connectivity index (χ0n) is 7.85. The van der Waals surface area contributed by atoms with E-state index in [1.54, 1.807) is 0 Å². The van der Waals surface area contributed by atoms with E-state index in [1.165, 1.54) is 0 Å². The van der Waals surface area contributed by atoms with E-state index in [9.17, 15) is 22.0 Å². The molecule has 1 aromatic rings. The van der Waals surface area contributed by atoms with Crippen molar-refractivity contribution in [2.24, 2.45) is 5.73 Å². The van der Waals surface area contributed by atoms with E-state index in [0.717, 1.165) is 12.4 Å². The van der Waals surface area contributed by atoms with Gasteiger partial charge in [0.05, 0.1) is 5.56 Å². The monoisotopic (exact) mass is 238 g/mol. The summed E-state index contributed by atoms with van der Waals surface area (Å²) in [5.74, 6) is -3.30. The third kappa shape index (κ3) is 1.46. The molecule has 16 heavy (non-hydrogen) atoms. The minimum absolute atomic E-state index is 0.646. The van der Waals surface area contributed by atoms with E-state index in [4.69, 9.17) is 5.73 Å². The second-order valence-corrected chi connectivity index (χ2v) is 3.77. The third-order valence-corrected chi connectivity index (χ3v) is 2.64. The second kappa shape index (κ2) is 2.91. The van der Waals surface area contributed by atoms with Crippen molar-refractivity contribution in [1.82, 2.24) is 4.98 Å². The van der Waals surface area contributed by atoms with E-state index in [0.29, 0.717) is 6.07 Å². The Morgan fingerprint density at radius 3 is 2.31 bits per heavy atom. The molecule has 0 radical (unpaired) electrons. The van der Waals surface area contributed by atoms with Crippen LogP contribution in [0.25, 0.3) is 0 Å². The molecule has 2 N–H and O–H groups in total. The molecule has 1 aliphatic rings. The molecule has 1 fully saturated rings. The van der Waals surface area contributed by atoms with E-state index in [-0.39, 0.29) is 0 Å². The Kier molecular flexibility index (Phi) is 2.04. The van der Waals surface area contributed by atoms with Crippen molar-refractivity contribution in [3.05, 3.63) is 29.6 Å². The highest BCUT2D eigenvalue weighted by Gasteiger charge is 2.71. The molecule has 1 aliphatic carbocycles. The average Bonchev–Trinajstić information content (AvgIpc) is 2.66. The van der Waals surface area contributed by atoms with Crippen LogP contribution in [0.4, 0.5) is 22.0 Å². The molecule has 0 spiro atoms. The van der Waals surface area contributed by atoms with Crippen molar-refractivity contribution in [2.45, 2.75) is 24.1 Å². The van der Waals surface area contributed by atoms with Crippen LogP contribution in [-0.2, 0) is 11.7 Å². The molecule has 0 saturated heterocycles. The molecular formula is C9H7F5N2. The van der Waals surface area contributed by atoms with Gasteiger partial charge >= 0.3 is 6.18 Å². The van der Waals surface area contributed by atoms with Gasteiger partial charge in [-0.25, -0.2) is 8.78 Å². The lowest BCUT2D eigenvalue weighted by Crippen LogP contribution is -2.30. The predicted octanol–water partition coefficient (Wildman–Crippen LogP) is 2.29. The fourth-order valence-corrected chi connectivity index (χ4v) is 1.60. The molecule has 0 amide bonds. The van der Waals surface area contributed by atoms with Crippen LogP contribution in [0, 0.1) is 0 Å². The number of halogens is 5. The number of alkyl halides is 5. The molecule has 1 heterocycles. The Morgan fingerprint density at radius 1 is 1.31 bits per heavy atom. The average molecular weight is 238 g/mol. The van der Waals surface area contributed by atoms with Crippen molar-refractivity contribution in [1.29, 1.82) is 0 Å². The van der Waals surface area contributed by atoms with Crippen LogP contribution in [-0.4, -0.2) is 10.9 Å². The van der Waals surface area contributed by atoms with Gasteiger partial charge in [0.25, 0.3) is 5.92 Å². The summed E-state index contributed by atoms with van der Waals surface area (Å²) in [5.41, 5.74) is 1.23. The molecule has 0 aromatic carbocycles. The highest BCUT2D eigenvalue weighted by molar-refractivity contribution is 5.41. The summed E-state index contributed by atoms with van der Waals surface area (Å²) in [7, 11) is 0. The van der Waals surface area contributed by atoms with Crippen molar-refractivity contribution >= 4 is 0 Å². The first kappa shape index (κ1) is 11.3. The summed E-state index contributed by atoms with van der Waals surface area (Å²) in [6.45, 7) is 0. The van der Waals surface area contributed by atoms with Crippen LogP contribution >= 0.6 is 0 Å². The number of aromatic nitrogens is 1. The van der Waals surface area contributed by atoms with Gasteiger partial charge in [0.1, 0.15) is 5.54 Å². The van der Waals surface area contributed by atoms with Crippen LogP contribution < -0.4 is 5.73 Å². The number of nitrogens with two attached hydrogens (primary N) is 1. The number of hydrogen-bond donors (Lipinski definition) is 1. The van der Waals surface area contributed by atoms with Crippen molar-refractivity contribution in [2.75, 3.05) is 0 Å². The highest BCUT2D eigenvalue weighted by atomic mass is 19.4. The fourth-order valence-electron chi connectivity index (χ4n) is 1.60. The summed E-state index contributed by atoms with van der Waals surface area (Å²) in [5, 5.41) is 0. The SMILES string of the molecule is NC1(c2cnccc2C(F)(F)F)CC1(F)F. The van der Waals surface area contributed by atoms with Gasteiger partial charge in [0.2, 0.25) is 0 Å². The minimum Gasteiger partial charge on any atom is -0.316 e. The zero-order valence-corrected chi connectivity index (χ0v) is 7.85. The summed E-state index contributed by atoms with van der Waals surface area (Å²) < 4.78 is 63.4. The first-order chi connectivity index (χ1) is 7.18. The van der Waals surface area contributed by atoms with Crippen LogP contribution in [0.15, 0.2) is 18.5 Å². The topological polar surface area (TPSA) is 38.9 Å². The molecular weight excluding hydrogens is 231 g/mol. The third-order valence-electron chi connectivity index (χ3n) is 2.64. The Balaban J connectivity index is 2.52.